The van der Waals surface area contributed by atoms with E-state index in [0.29, 0.717) is 19.0 Å². The van der Waals surface area contributed by atoms with Crippen LogP contribution in [0.5, 0.6) is 11.5 Å². The van der Waals surface area contributed by atoms with Crippen molar-refractivity contribution in [2.75, 3.05) is 41.4 Å². The number of hydrogen-bond donors (Lipinski definition) is 2. The SMILES string of the molecule is COc1ccc(CCNC(=NCc2ccc(OC)cc2)NCC(=O)N(C)C)cc1.I. The van der Waals surface area contributed by atoms with Crippen molar-refractivity contribution in [3.63, 3.8) is 0 Å². The molecule has 1 amide bonds. The smallest absolute Gasteiger partial charge is 0.241 e. The first kappa shape index (κ1) is 25.5. The molecular weight excluding hydrogens is 495 g/mol. The number of halogens is 1. The Morgan fingerprint density at radius 2 is 1.43 bits per heavy atom. The van der Waals surface area contributed by atoms with E-state index in [1.54, 1.807) is 33.2 Å². The Morgan fingerprint density at radius 1 is 0.900 bits per heavy atom. The first-order chi connectivity index (χ1) is 14.0. The van der Waals surface area contributed by atoms with E-state index in [0.717, 1.165) is 23.5 Å². The second kappa shape index (κ2) is 13.7. The minimum atomic E-state index is -0.0147. The van der Waals surface area contributed by atoms with Gasteiger partial charge in [0, 0.05) is 20.6 Å². The molecule has 30 heavy (non-hydrogen) atoms. The molecular formula is C22H31IN4O3. The number of guanidine groups is 1. The molecule has 8 heteroatoms. The van der Waals surface area contributed by atoms with Crippen molar-refractivity contribution < 1.29 is 14.3 Å². The summed E-state index contributed by atoms with van der Waals surface area (Å²) >= 11 is 0. The average Bonchev–Trinajstić information content (AvgIpc) is 2.75. The third-order valence-corrected chi connectivity index (χ3v) is 4.35. The second-order valence-electron chi connectivity index (χ2n) is 6.68. The van der Waals surface area contributed by atoms with Crippen molar-refractivity contribution in [1.82, 2.24) is 15.5 Å². The van der Waals surface area contributed by atoms with Crippen LogP contribution in [0.2, 0.25) is 0 Å². The fourth-order valence-electron chi connectivity index (χ4n) is 2.51. The lowest BCUT2D eigenvalue weighted by Crippen LogP contribution is -2.43. The molecule has 0 radical (unpaired) electrons. The Hall–Kier alpha value is -2.49. The molecule has 0 bridgehead atoms. The number of hydrogen-bond acceptors (Lipinski definition) is 4. The zero-order valence-corrected chi connectivity index (χ0v) is 20.3. The molecule has 2 aromatic carbocycles. The predicted octanol–water partition coefficient (Wildman–Crippen LogP) is 2.69. The highest BCUT2D eigenvalue weighted by atomic mass is 127. The Balaban J connectivity index is 0.00000450. The second-order valence-corrected chi connectivity index (χ2v) is 6.68. The Bertz CT molecular complexity index is 793. The van der Waals surface area contributed by atoms with E-state index < -0.39 is 0 Å². The van der Waals surface area contributed by atoms with E-state index in [9.17, 15) is 4.79 Å². The molecule has 0 aromatic heterocycles. The quantitative estimate of drug-likeness (QED) is 0.299. The van der Waals surface area contributed by atoms with Gasteiger partial charge in [0.05, 0.1) is 27.3 Å². The highest BCUT2D eigenvalue weighted by Crippen LogP contribution is 2.12. The number of amides is 1. The number of aliphatic imine (C=N–C) groups is 1. The topological polar surface area (TPSA) is 75.2 Å². The largest absolute Gasteiger partial charge is 0.497 e. The molecule has 0 aliphatic carbocycles. The molecule has 2 N–H and O–H groups in total. The van der Waals surface area contributed by atoms with E-state index in [4.69, 9.17) is 9.47 Å². The van der Waals surface area contributed by atoms with Crippen molar-refractivity contribution in [2.24, 2.45) is 4.99 Å². The summed E-state index contributed by atoms with van der Waals surface area (Å²) < 4.78 is 10.4. The van der Waals surface area contributed by atoms with Gasteiger partial charge in [0.25, 0.3) is 0 Å². The Morgan fingerprint density at radius 3 is 1.93 bits per heavy atom. The van der Waals surface area contributed by atoms with Gasteiger partial charge in [-0.15, -0.1) is 24.0 Å². The molecule has 0 aliphatic rings. The monoisotopic (exact) mass is 526 g/mol. The van der Waals surface area contributed by atoms with E-state index in [1.807, 2.05) is 48.5 Å². The highest BCUT2D eigenvalue weighted by Gasteiger charge is 2.06. The van der Waals surface area contributed by atoms with Gasteiger partial charge in [-0.3, -0.25) is 4.79 Å². The van der Waals surface area contributed by atoms with Gasteiger partial charge >= 0.3 is 0 Å². The molecule has 0 saturated carbocycles. The summed E-state index contributed by atoms with van der Waals surface area (Å²) in [5, 5.41) is 6.40. The van der Waals surface area contributed by atoms with Crippen LogP contribution in [0.3, 0.4) is 0 Å². The molecule has 2 aromatic rings. The number of carbonyl (C=O) groups is 1. The lowest BCUT2D eigenvalue weighted by Gasteiger charge is -2.15. The van der Waals surface area contributed by atoms with Crippen molar-refractivity contribution in [3.05, 3.63) is 59.7 Å². The minimum absolute atomic E-state index is 0. The normalized spacial score (nSPS) is 10.6. The molecule has 0 atom stereocenters. The van der Waals surface area contributed by atoms with E-state index >= 15 is 0 Å². The molecule has 164 valence electrons. The van der Waals surface area contributed by atoms with Crippen LogP contribution in [-0.2, 0) is 17.8 Å². The number of ether oxygens (including phenoxy) is 2. The molecule has 2 rings (SSSR count). The first-order valence-corrected chi connectivity index (χ1v) is 9.50. The van der Waals surface area contributed by atoms with Gasteiger partial charge in [-0.2, -0.15) is 0 Å². The van der Waals surface area contributed by atoms with Crippen LogP contribution < -0.4 is 20.1 Å². The van der Waals surface area contributed by atoms with Gasteiger partial charge in [-0.05, 0) is 41.8 Å². The lowest BCUT2D eigenvalue weighted by molar-refractivity contribution is -0.127. The maximum atomic E-state index is 11.9. The van der Waals surface area contributed by atoms with Crippen molar-refractivity contribution >= 4 is 35.8 Å². The standard InChI is InChI=1S/C22H30N4O3.HI/c1-26(2)21(27)16-25-22(24-15-18-7-11-20(29-4)12-8-18)23-14-13-17-5-9-19(28-3)10-6-17;/h5-12H,13-16H2,1-4H3,(H2,23,24,25);1H. The summed E-state index contributed by atoms with van der Waals surface area (Å²) in [7, 11) is 6.76. The Kier molecular flexibility index (Phi) is 11.7. The van der Waals surface area contributed by atoms with Crippen LogP contribution in [0, 0.1) is 0 Å². The number of nitrogens with one attached hydrogen (secondary N) is 2. The average molecular weight is 526 g/mol. The van der Waals surface area contributed by atoms with E-state index in [-0.39, 0.29) is 36.4 Å². The van der Waals surface area contributed by atoms with Gasteiger partial charge in [0.15, 0.2) is 5.96 Å². The predicted molar refractivity (Wildman–Crippen MR) is 131 cm³/mol. The zero-order valence-electron chi connectivity index (χ0n) is 18.0. The summed E-state index contributed by atoms with van der Waals surface area (Å²) in [6.45, 7) is 1.37. The molecule has 0 aliphatic heterocycles. The van der Waals surface area contributed by atoms with Crippen LogP contribution >= 0.6 is 24.0 Å². The summed E-state index contributed by atoms with van der Waals surface area (Å²) in [6, 6.07) is 15.7. The van der Waals surface area contributed by atoms with Gasteiger partial charge in [-0.25, -0.2) is 4.99 Å². The molecule has 0 saturated heterocycles. The number of likely N-dealkylation sites (N-methyl/N-ethyl adjacent to an activating group) is 1. The highest BCUT2D eigenvalue weighted by molar-refractivity contribution is 14.0. The van der Waals surface area contributed by atoms with Crippen molar-refractivity contribution in [2.45, 2.75) is 13.0 Å². The molecule has 0 heterocycles. The molecule has 0 fully saturated rings. The molecule has 7 nitrogen and oxygen atoms in total. The zero-order chi connectivity index (χ0) is 21.1. The van der Waals surface area contributed by atoms with Crippen molar-refractivity contribution in [3.8, 4) is 11.5 Å². The number of nitrogens with zero attached hydrogens (tertiary/aromatic N) is 2. The fraction of sp³-hybridized carbons (Fsp3) is 0.364. The number of methoxy groups -OCH3 is 2. The third-order valence-electron chi connectivity index (χ3n) is 4.35. The molecule has 0 unspecified atom stereocenters. The fourth-order valence-corrected chi connectivity index (χ4v) is 2.51. The number of carbonyl (C=O) groups excluding carboxylic acids is 1. The van der Waals surface area contributed by atoms with Gasteiger partial charge in [-0.1, -0.05) is 24.3 Å². The summed E-state index contributed by atoms with van der Waals surface area (Å²) in [5.74, 6) is 2.24. The van der Waals surface area contributed by atoms with Crippen LogP contribution in [0.4, 0.5) is 0 Å². The van der Waals surface area contributed by atoms with Crippen LogP contribution in [0.25, 0.3) is 0 Å². The summed E-state index contributed by atoms with van der Waals surface area (Å²) in [4.78, 5) is 18.1. The lowest BCUT2D eigenvalue weighted by atomic mass is 10.1. The summed E-state index contributed by atoms with van der Waals surface area (Å²) in [5.41, 5.74) is 2.25. The van der Waals surface area contributed by atoms with Crippen LogP contribution in [-0.4, -0.2) is 58.2 Å². The van der Waals surface area contributed by atoms with Gasteiger partial charge in [0.2, 0.25) is 5.91 Å². The minimum Gasteiger partial charge on any atom is -0.497 e. The number of rotatable bonds is 9. The molecule has 0 spiro atoms. The summed E-state index contributed by atoms with van der Waals surface area (Å²) in [6.07, 6.45) is 0.828. The van der Waals surface area contributed by atoms with Gasteiger partial charge < -0.3 is 25.0 Å². The van der Waals surface area contributed by atoms with Gasteiger partial charge in [0.1, 0.15) is 11.5 Å². The van der Waals surface area contributed by atoms with Crippen molar-refractivity contribution in [1.29, 1.82) is 0 Å². The van der Waals surface area contributed by atoms with E-state index in [1.165, 1.54) is 5.56 Å². The first-order valence-electron chi connectivity index (χ1n) is 9.50. The third kappa shape index (κ3) is 8.89. The maximum Gasteiger partial charge on any atom is 0.241 e. The Labute approximate surface area is 195 Å². The van der Waals surface area contributed by atoms with E-state index in [2.05, 4.69) is 15.6 Å². The van der Waals surface area contributed by atoms with Crippen LogP contribution in [0.15, 0.2) is 53.5 Å². The number of benzene rings is 2. The van der Waals surface area contributed by atoms with Crippen LogP contribution in [0.1, 0.15) is 11.1 Å². The maximum absolute atomic E-state index is 11.9.